The highest BCUT2D eigenvalue weighted by atomic mass is 79.9. The second kappa shape index (κ2) is 9.49. The van der Waals surface area contributed by atoms with Gasteiger partial charge in [-0.1, -0.05) is 66.7 Å². The Kier molecular flexibility index (Phi) is 5.86. The SMILES string of the molecule is O=C(OCc1ccccc1)c1c(F)c(F)c(F)c(-n2c3ccccc3c3c(Br)c4c(cc32)oc2ccccc24)c1F. The van der Waals surface area contributed by atoms with Crippen molar-refractivity contribution >= 4 is 65.6 Å². The van der Waals surface area contributed by atoms with Crippen LogP contribution in [0.5, 0.6) is 0 Å². The van der Waals surface area contributed by atoms with E-state index in [2.05, 4.69) is 15.9 Å². The summed E-state index contributed by atoms with van der Waals surface area (Å²) < 4.78 is 74.5. The molecule has 0 aliphatic rings. The average molecular weight is 618 g/mol. The summed E-state index contributed by atoms with van der Waals surface area (Å²) in [6, 6.07) is 24.1. The van der Waals surface area contributed by atoms with Crippen molar-refractivity contribution in [2.75, 3.05) is 0 Å². The molecule has 0 saturated carbocycles. The zero-order valence-corrected chi connectivity index (χ0v) is 22.4. The number of aromatic nitrogens is 1. The van der Waals surface area contributed by atoms with Gasteiger partial charge in [0.15, 0.2) is 23.3 Å². The average Bonchev–Trinajstić information content (AvgIpc) is 3.52. The van der Waals surface area contributed by atoms with Gasteiger partial charge in [0.2, 0.25) is 0 Å². The maximum absolute atomic E-state index is 16.1. The molecule has 9 heteroatoms. The first-order valence-corrected chi connectivity index (χ1v) is 13.3. The van der Waals surface area contributed by atoms with E-state index in [1.54, 1.807) is 66.7 Å². The molecular formula is C32H16BrF4NO3. The molecule has 41 heavy (non-hydrogen) atoms. The summed E-state index contributed by atoms with van der Waals surface area (Å²) in [5, 5.41) is 2.71. The van der Waals surface area contributed by atoms with Gasteiger partial charge >= 0.3 is 5.97 Å². The van der Waals surface area contributed by atoms with Crippen LogP contribution in [0.2, 0.25) is 0 Å². The van der Waals surface area contributed by atoms with Crippen LogP contribution in [0.15, 0.2) is 93.8 Å². The second-order valence-electron chi connectivity index (χ2n) is 9.45. The fraction of sp³-hybridized carbons (Fsp3) is 0.0312. The van der Waals surface area contributed by atoms with Crippen LogP contribution in [0.4, 0.5) is 17.6 Å². The molecular weight excluding hydrogens is 602 g/mol. The van der Waals surface area contributed by atoms with E-state index in [0.29, 0.717) is 37.5 Å². The smallest absolute Gasteiger partial charge is 0.344 e. The number of furan rings is 1. The van der Waals surface area contributed by atoms with E-state index in [9.17, 15) is 9.18 Å². The van der Waals surface area contributed by atoms with Crippen LogP contribution in [0, 0.1) is 23.3 Å². The molecule has 202 valence electrons. The molecule has 0 fully saturated rings. The minimum absolute atomic E-state index is 0.247. The number of benzene rings is 5. The lowest BCUT2D eigenvalue weighted by atomic mass is 10.1. The quantitative estimate of drug-likeness (QED) is 0.0855. The van der Waals surface area contributed by atoms with Gasteiger partial charge in [0.05, 0.1) is 11.0 Å². The molecule has 0 unspecified atom stereocenters. The van der Waals surface area contributed by atoms with E-state index >= 15 is 13.2 Å². The van der Waals surface area contributed by atoms with Crippen molar-refractivity contribution in [3.63, 3.8) is 0 Å². The number of carbonyl (C=O) groups excluding carboxylic acids is 1. The number of hydrogen-bond acceptors (Lipinski definition) is 3. The van der Waals surface area contributed by atoms with E-state index in [1.165, 1.54) is 0 Å². The highest BCUT2D eigenvalue weighted by Gasteiger charge is 2.33. The first kappa shape index (κ1) is 25.3. The van der Waals surface area contributed by atoms with Gasteiger partial charge < -0.3 is 13.7 Å². The highest BCUT2D eigenvalue weighted by molar-refractivity contribution is 9.10. The van der Waals surface area contributed by atoms with Gasteiger partial charge in [0.1, 0.15) is 29.0 Å². The van der Waals surface area contributed by atoms with Gasteiger partial charge in [-0.25, -0.2) is 22.4 Å². The number of halogens is 5. The Bertz CT molecular complexity index is 2190. The van der Waals surface area contributed by atoms with Crippen molar-refractivity contribution in [1.29, 1.82) is 0 Å². The zero-order chi connectivity index (χ0) is 28.4. The molecule has 0 bridgehead atoms. The molecule has 2 aromatic heterocycles. The lowest BCUT2D eigenvalue weighted by Gasteiger charge is -2.15. The van der Waals surface area contributed by atoms with Crippen LogP contribution in [0.1, 0.15) is 15.9 Å². The lowest BCUT2D eigenvalue weighted by molar-refractivity contribution is 0.0459. The van der Waals surface area contributed by atoms with Crippen molar-refractivity contribution in [3.05, 3.63) is 124 Å². The van der Waals surface area contributed by atoms with E-state index in [-0.39, 0.29) is 12.1 Å². The maximum atomic E-state index is 16.1. The normalized spacial score (nSPS) is 11.7. The van der Waals surface area contributed by atoms with E-state index in [1.807, 2.05) is 18.2 Å². The Labute approximate surface area is 237 Å². The van der Waals surface area contributed by atoms with Gasteiger partial charge in [0.25, 0.3) is 0 Å². The number of hydrogen-bond donors (Lipinski definition) is 0. The summed E-state index contributed by atoms with van der Waals surface area (Å²) in [5.41, 5.74) is -0.189. The van der Waals surface area contributed by atoms with E-state index in [4.69, 9.17) is 9.15 Å². The lowest BCUT2D eigenvalue weighted by Crippen LogP contribution is -2.17. The van der Waals surface area contributed by atoms with Crippen LogP contribution in [-0.2, 0) is 11.3 Å². The van der Waals surface area contributed by atoms with Crippen LogP contribution in [0.25, 0.3) is 49.4 Å². The third-order valence-electron chi connectivity index (χ3n) is 7.12. The first-order chi connectivity index (χ1) is 19.9. The van der Waals surface area contributed by atoms with Gasteiger partial charge in [-0.2, -0.15) is 0 Å². The fourth-order valence-corrected chi connectivity index (χ4v) is 6.13. The van der Waals surface area contributed by atoms with Crippen molar-refractivity contribution in [2.24, 2.45) is 0 Å². The molecule has 4 nitrogen and oxygen atoms in total. The van der Waals surface area contributed by atoms with Crippen molar-refractivity contribution in [3.8, 4) is 5.69 Å². The number of carbonyl (C=O) groups is 1. The molecule has 7 rings (SSSR count). The van der Waals surface area contributed by atoms with Crippen molar-refractivity contribution in [2.45, 2.75) is 6.61 Å². The minimum atomic E-state index is -2.00. The molecule has 2 heterocycles. The predicted octanol–water partition coefficient (Wildman–Crippen LogP) is 9.36. The predicted molar refractivity (Wildman–Crippen MR) is 151 cm³/mol. The van der Waals surface area contributed by atoms with E-state index in [0.717, 1.165) is 15.3 Å². The molecule has 7 aromatic rings. The Balaban J connectivity index is 1.51. The van der Waals surface area contributed by atoms with Crippen LogP contribution in [-0.4, -0.2) is 10.5 Å². The van der Waals surface area contributed by atoms with Gasteiger partial charge in [-0.15, -0.1) is 0 Å². The Hall–Kier alpha value is -4.63. The Morgan fingerprint density at radius 3 is 2.20 bits per heavy atom. The highest BCUT2D eigenvalue weighted by Crippen LogP contribution is 2.45. The van der Waals surface area contributed by atoms with E-state index < -0.39 is 40.5 Å². The number of fused-ring (bicyclic) bond motifs is 6. The fourth-order valence-electron chi connectivity index (χ4n) is 5.30. The topological polar surface area (TPSA) is 44.4 Å². The summed E-state index contributed by atoms with van der Waals surface area (Å²) in [4.78, 5) is 12.9. The summed E-state index contributed by atoms with van der Waals surface area (Å²) >= 11 is 3.66. The number of para-hydroxylation sites is 2. The summed E-state index contributed by atoms with van der Waals surface area (Å²) in [5.74, 6) is -8.82. The maximum Gasteiger partial charge on any atom is 0.344 e. The number of esters is 1. The monoisotopic (exact) mass is 617 g/mol. The van der Waals surface area contributed by atoms with Crippen LogP contribution < -0.4 is 0 Å². The van der Waals surface area contributed by atoms with Crippen LogP contribution in [0.3, 0.4) is 0 Å². The van der Waals surface area contributed by atoms with Gasteiger partial charge in [0, 0.05) is 32.1 Å². The minimum Gasteiger partial charge on any atom is -0.457 e. The number of rotatable bonds is 4. The standard InChI is InChI=1S/C32H16BrF4NO3/c33-26-23-17-10-4-6-12-19(17)38(20(23)14-22-24(26)18-11-5-7-13-21(18)41-22)31-28(35)25(27(34)29(36)30(31)37)32(39)40-15-16-8-2-1-3-9-16/h1-14H,15H2. The summed E-state index contributed by atoms with van der Waals surface area (Å²) in [6.45, 7) is -0.320. The second-order valence-corrected chi connectivity index (χ2v) is 10.2. The van der Waals surface area contributed by atoms with Crippen molar-refractivity contribution < 1.29 is 31.5 Å². The zero-order valence-electron chi connectivity index (χ0n) is 20.9. The largest absolute Gasteiger partial charge is 0.457 e. The molecule has 0 aliphatic heterocycles. The van der Waals surface area contributed by atoms with Crippen LogP contribution >= 0.6 is 15.9 Å². The third-order valence-corrected chi connectivity index (χ3v) is 7.91. The summed E-state index contributed by atoms with van der Waals surface area (Å²) in [6.07, 6.45) is 0. The first-order valence-electron chi connectivity index (χ1n) is 12.5. The molecule has 0 atom stereocenters. The van der Waals surface area contributed by atoms with Crippen molar-refractivity contribution in [1.82, 2.24) is 4.57 Å². The van der Waals surface area contributed by atoms with Gasteiger partial charge in [-0.3, -0.25) is 0 Å². The molecule has 0 amide bonds. The Morgan fingerprint density at radius 2 is 1.41 bits per heavy atom. The summed E-state index contributed by atoms with van der Waals surface area (Å²) in [7, 11) is 0. The number of nitrogens with zero attached hydrogens (tertiary/aromatic N) is 1. The molecule has 0 spiro atoms. The molecule has 0 radical (unpaired) electrons. The molecule has 0 saturated heterocycles. The molecule has 5 aromatic carbocycles. The molecule has 0 N–H and O–H groups in total. The van der Waals surface area contributed by atoms with Gasteiger partial charge in [-0.05, 0) is 33.6 Å². The molecule has 0 aliphatic carbocycles. The number of ether oxygens (including phenoxy) is 1. The third kappa shape index (κ3) is 3.76. The Morgan fingerprint density at radius 1 is 0.732 bits per heavy atom.